The zero-order valence-corrected chi connectivity index (χ0v) is 23.4. The number of hydrogen-bond acceptors (Lipinski definition) is 5. The Labute approximate surface area is 241 Å². The quantitative estimate of drug-likeness (QED) is 0.119. The topological polar surface area (TPSA) is 98.6 Å². The molecule has 1 spiro atoms. The second-order valence-corrected chi connectivity index (χ2v) is 12.1. The van der Waals surface area contributed by atoms with E-state index < -0.39 is 11.7 Å². The maximum absolute atomic E-state index is 13.8. The molecule has 1 saturated heterocycles. The molecule has 2 aliphatic carbocycles. The number of hydrazone groups is 1. The van der Waals surface area contributed by atoms with Gasteiger partial charge in [-0.25, -0.2) is 0 Å². The number of alkyl halides is 3. The lowest BCUT2D eigenvalue weighted by Crippen LogP contribution is -2.44. The Kier molecular flexibility index (Phi) is 6.14. The second-order valence-electron chi connectivity index (χ2n) is 12.1. The van der Waals surface area contributed by atoms with Crippen LogP contribution >= 0.6 is 0 Å². The van der Waals surface area contributed by atoms with Crippen molar-refractivity contribution in [2.24, 2.45) is 29.1 Å². The highest BCUT2D eigenvalue weighted by Gasteiger charge is 2.44. The molecule has 1 aliphatic heterocycles. The van der Waals surface area contributed by atoms with Crippen LogP contribution in [0.25, 0.3) is 28.2 Å². The van der Waals surface area contributed by atoms with Crippen molar-refractivity contribution in [1.29, 1.82) is 0 Å². The van der Waals surface area contributed by atoms with Crippen molar-refractivity contribution in [2.75, 3.05) is 18.0 Å². The predicted octanol–water partition coefficient (Wildman–Crippen LogP) is 6.77. The number of anilines is 1. The average Bonchev–Trinajstić information content (AvgIpc) is 3.65. The number of allylic oxidation sites excluding steroid dienone is 1. The highest BCUT2D eigenvalue weighted by molar-refractivity contribution is 6.09. The van der Waals surface area contributed by atoms with Gasteiger partial charge >= 0.3 is 6.18 Å². The van der Waals surface area contributed by atoms with E-state index in [1.807, 2.05) is 17.8 Å². The molecule has 10 heteroatoms. The van der Waals surface area contributed by atoms with Gasteiger partial charge in [-0.05, 0) is 68.2 Å². The summed E-state index contributed by atoms with van der Waals surface area (Å²) >= 11 is 0. The minimum absolute atomic E-state index is 0.0788. The van der Waals surface area contributed by atoms with E-state index in [1.54, 1.807) is 6.07 Å². The van der Waals surface area contributed by atoms with Gasteiger partial charge in [0.1, 0.15) is 11.5 Å². The monoisotopic (exact) mass is 574 g/mol. The van der Waals surface area contributed by atoms with Crippen LogP contribution in [-0.2, 0) is 13.2 Å². The van der Waals surface area contributed by atoms with E-state index in [-0.39, 0.29) is 16.9 Å². The molecule has 7 rings (SSSR count). The molecular formula is C32H33F3N6O. The standard InChI is InChI=1S/C32H33F3N6O/c1-40-18-25(30(36)38-37)22-9-8-21(15-27(22)40)41-12-10-31(11-13-41)16-19(17-31)14-24-28(39-42-29(24)20-6-7-20)23-4-2-3-5-26(23)32(33,34)35/h2-5,8-9,14-15,18,20H,6-7,10-13,16-17,37H2,1H3,(H2,36,38). The molecule has 3 fully saturated rings. The number of aryl methyl sites for hydroxylation is 1. The summed E-state index contributed by atoms with van der Waals surface area (Å²) < 4.78 is 49.2. The maximum Gasteiger partial charge on any atom is 0.417 e. The maximum atomic E-state index is 13.8. The van der Waals surface area contributed by atoms with E-state index in [9.17, 15) is 13.2 Å². The average molecular weight is 575 g/mol. The molecule has 42 heavy (non-hydrogen) atoms. The molecule has 218 valence electrons. The molecule has 0 unspecified atom stereocenters. The number of piperidine rings is 1. The van der Waals surface area contributed by atoms with Crippen molar-refractivity contribution in [3.05, 3.63) is 76.7 Å². The highest BCUT2D eigenvalue weighted by Crippen LogP contribution is 2.54. The first-order valence-corrected chi connectivity index (χ1v) is 14.4. The number of rotatable bonds is 5. The van der Waals surface area contributed by atoms with Gasteiger partial charge in [-0.1, -0.05) is 35.0 Å². The third kappa shape index (κ3) is 4.53. The van der Waals surface area contributed by atoms with Crippen LogP contribution in [0, 0.1) is 5.41 Å². The molecule has 4 aromatic rings. The SMILES string of the molecule is Cn1cc(/C(N)=N/N)c2ccc(N3CCC4(CC3)CC(=Cc3c(-c5ccccc5C(F)(F)F)noc3C3CC3)C4)cc21. The number of amidine groups is 1. The van der Waals surface area contributed by atoms with E-state index in [0.717, 1.165) is 85.5 Å². The first-order valence-electron chi connectivity index (χ1n) is 14.4. The Morgan fingerprint density at radius 1 is 1.12 bits per heavy atom. The van der Waals surface area contributed by atoms with Gasteiger partial charge < -0.3 is 25.6 Å². The zero-order valence-electron chi connectivity index (χ0n) is 23.4. The van der Waals surface area contributed by atoms with Crippen LogP contribution in [0.1, 0.15) is 66.9 Å². The van der Waals surface area contributed by atoms with Gasteiger partial charge in [0.25, 0.3) is 0 Å². The highest BCUT2D eigenvalue weighted by atomic mass is 19.4. The van der Waals surface area contributed by atoms with Crippen molar-refractivity contribution in [1.82, 2.24) is 9.72 Å². The fourth-order valence-electron chi connectivity index (χ4n) is 6.87. The van der Waals surface area contributed by atoms with Crippen molar-refractivity contribution < 1.29 is 17.7 Å². The van der Waals surface area contributed by atoms with Crippen LogP contribution in [0.5, 0.6) is 0 Å². The van der Waals surface area contributed by atoms with Gasteiger partial charge in [0, 0.05) is 60.0 Å². The molecule has 2 aromatic heterocycles. The van der Waals surface area contributed by atoms with Crippen LogP contribution in [0.4, 0.5) is 18.9 Å². The Morgan fingerprint density at radius 2 is 1.86 bits per heavy atom. The zero-order chi connectivity index (χ0) is 29.2. The van der Waals surface area contributed by atoms with Crippen LogP contribution in [0.3, 0.4) is 0 Å². The van der Waals surface area contributed by atoms with Crippen molar-refractivity contribution in [3.8, 4) is 11.3 Å². The third-order valence-electron chi connectivity index (χ3n) is 9.32. The molecule has 0 atom stereocenters. The van der Waals surface area contributed by atoms with E-state index in [1.165, 1.54) is 23.4 Å². The fraction of sp³-hybridized carbons (Fsp3) is 0.375. The Balaban J connectivity index is 1.09. The lowest BCUT2D eigenvalue weighted by atomic mass is 9.60. The van der Waals surface area contributed by atoms with Gasteiger partial charge in [-0.15, -0.1) is 0 Å². The lowest BCUT2D eigenvalue weighted by Gasteiger charge is -2.50. The number of fused-ring (bicyclic) bond motifs is 1. The van der Waals surface area contributed by atoms with Gasteiger partial charge in [0.15, 0.2) is 5.84 Å². The number of halogens is 3. The van der Waals surface area contributed by atoms with Gasteiger partial charge in [0.05, 0.1) is 11.1 Å². The molecule has 0 bridgehead atoms. The molecule has 2 aromatic carbocycles. The van der Waals surface area contributed by atoms with Crippen LogP contribution in [0.15, 0.2) is 63.9 Å². The summed E-state index contributed by atoms with van der Waals surface area (Å²) in [5.41, 5.74) is 11.0. The second kappa shape index (κ2) is 9.68. The number of nitrogens with zero attached hydrogens (tertiary/aromatic N) is 4. The molecular weight excluding hydrogens is 541 g/mol. The molecule has 4 N–H and O–H groups in total. The lowest BCUT2D eigenvalue weighted by molar-refractivity contribution is -0.137. The van der Waals surface area contributed by atoms with E-state index in [2.05, 4.69) is 39.4 Å². The van der Waals surface area contributed by atoms with Crippen LogP contribution < -0.4 is 16.5 Å². The Bertz CT molecular complexity index is 1720. The molecule has 7 nitrogen and oxygen atoms in total. The first-order chi connectivity index (χ1) is 20.2. The molecule has 2 saturated carbocycles. The van der Waals surface area contributed by atoms with E-state index in [4.69, 9.17) is 16.1 Å². The number of hydrogen-bond donors (Lipinski definition) is 2. The van der Waals surface area contributed by atoms with E-state index in [0.29, 0.717) is 11.5 Å². The summed E-state index contributed by atoms with van der Waals surface area (Å²) in [7, 11) is 1.99. The fourth-order valence-corrected chi connectivity index (χ4v) is 6.87. The van der Waals surface area contributed by atoms with Gasteiger partial charge in [-0.2, -0.15) is 18.3 Å². The van der Waals surface area contributed by atoms with Crippen molar-refractivity contribution in [2.45, 2.75) is 50.6 Å². The third-order valence-corrected chi connectivity index (χ3v) is 9.32. The summed E-state index contributed by atoms with van der Waals surface area (Å²) in [6.45, 7) is 1.90. The summed E-state index contributed by atoms with van der Waals surface area (Å²) in [4.78, 5) is 2.43. The number of nitrogens with two attached hydrogens (primary N) is 2. The Morgan fingerprint density at radius 3 is 2.55 bits per heavy atom. The van der Waals surface area contributed by atoms with Crippen molar-refractivity contribution >= 4 is 28.5 Å². The van der Waals surface area contributed by atoms with Gasteiger partial charge in [-0.3, -0.25) is 0 Å². The smallest absolute Gasteiger partial charge is 0.382 e. The number of benzene rings is 2. The largest absolute Gasteiger partial charge is 0.417 e. The summed E-state index contributed by atoms with van der Waals surface area (Å²) in [5.74, 6) is 6.69. The Hall–Kier alpha value is -4.21. The molecule has 3 aliphatic rings. The predicted molar refractivity (Wildman–Crippen MR) is 158 cm³/mol. The minimum Gasteiger partial charge on any atom is -0.382 e. The summed E-state index contributed by atoms with van der Waals surface area (Å²) in [6, 6.07) is 12.0. The summed E-state index contributed by atoms with van der Waals surface area (Å²) in [5, 5.41) is 8.85. The first kappa shape index (κ1) is 26.7. The molecule has 0 amide bonds. The van der Waals surface area contributed by atoms with Gasteiger partial charge in [0.2, 0.25) is 0 Å². The minimum atomic E-state index is -4.46. The molecule has 0 radical (unpaired) electrons. The molecule has 3 heterocycles. The number of aromatic nitrogens is 2. The van der Waals surface area contributed by atoms with Crippen LogP contribution in [-0.4, -0.2) is 28.6 Å². The normalized spacial score (nSPS) is 19.0. The van der Waals surface area contributed by atoms with Crippen molar-refractivity contribution in [3.63, 3.8) is 0 Å². The summed E-state index contributed by atoms with van der Waals surface area (Å²) in [6.07, 6.45) is 5.56. The van der Waals surface area contributed by atoms with Crippen LogP contribution in [0.2, 0.25) is 0 Å². The van der Waals surface area contributed by atoms with E-state index >= 15 is 0 Å².